The molecule has 0 fully saturated rings. The van der Waals surface area contributed by atoms with Gasteiger partial charge in [0, 0.05) is 54.7 Å². The van der Waals surface area contributed by atoms with Gasteiger partial charge in [0.15, 0.2) is 5.82 Å². The molecule has 0 unspecified atom stereocenters. The van der Waals surface area contributed by atoms with Crippen LogP contribution in [0, 0.1) is 0 Å². The highest BCUT2D eigenvalue weighted by molar-refractivity contribution is 6.22. The van der Waals surface area contributed by atoms with Crippen molar-refractivity contribution in [3.8, 4) is 67.4 Å². The maximum absolute atomic E-state index is 6.47. The van der Waals surface area contributed by atoms with Crippen LogP contribution in [0.3, 0.4) is 0 Å². The van der Waals surface area contributed by atoms with Crippen LogP contribution in [0.4, 0.5) is 0 Å². The normalized spacial score (nSPS) is 11.6. The lowest BCUT2D eigenvalue weighted by Crippen LogP contribution is -1.96. The summed E-state index contributed by atoms with van der Waals surface area (Å²) in [6, 6.07) is 74.4. The van der Waals surface area contributed by atoms with Crippen molar-refractivity contribution in [2.75, 3.05) is 0 Å². The van der Waals surface area contributed by atoms with Crippen molar-refractivity contribution in [2.24, 2.45) is 0 Å². The van der Waals surface area contributed by atoms with E-state index >= 15 is 0 Å². The van der Waals surface area contributed by atoms with Gasteiger partial charge in [0.25, 0.3) is 0 Å². The van der Waals surface area contributed by atoms with Gasteiger partial charge in [-0.2, -0.15) is 0 Å². The predicted molar refractivity (Wildman–Crippen MR) is 252 cm³/mol. The Bertz CT molecular complexity index is 3540. The van der Waals surface area contributed by atoms with Crippen molar-refractivity contribution < 1.29 is 4.42 Å². The summed E-state index contributed by atoms with van der Waals surface area (Å²) in [4.78, 5) is 15.4. The fourth-order valence-corrected chi connectivity index (χ4v) is 8.98. The molecule has 3 aromatic heterocycles. The van der Waals surface area contributed by atoms with Gasteiger partial charge in [-0.1, -0.05) is 188 Å². The second-order valence-corrected chi connectivity index (χ2v) is 15.5. The Labute approximate surface area is 352 Å². The van der Waals surface area contributed by atoms with Gasteiger partial charge in [-0.25, -0.2) is 15.0 Å². The van der Waals surface area contributed by atoms with E-state index in [1.165, 1.54) is 16.2 Å². The molecule has 0 saturated carbocycles. The molecule has 61 heavy (non-hydrogen) atoms. The SMILES string of the molecule is c1ccc(-c2cc(-c3ccc(-c4ccc5oc6ccccc6c5c4-c4ccc(-c5nc6ccccc6c6c5ccc5ccccc56)cc4)cc3)nc(-c3ccccc3)n2)cc1. The zero-order valence-electron chi connectivity index (χ0n) is 33.0. The Balaban J connectivity index is 0.999. The molecular formula is C57H35N3O. The Morgan fingerprint density at radius 2 is 0.918 bits per heavy atom. The van der Waals surface area contributed by atoms with E-state index in [0.29, 0.717) is 5.82 Å². The van der Waals surface area contributed by atoms with E-state index < -0.39 is 0 Å². The third-order valence-electron chi connectivity index (χ3n) is 11.9. The lowest BCUT2D eigenvalue weighted by Gasteiger charge is -2.15. The molecule has 0 spiro atoms. The van der Waals surface area contributed by atoms with E-state index in [1.807, 2.05) is 48.5 Å². The van der Waals surface area contributed by atoms with Gasteiger partial charge in [0.2, 0.25) is 0 Å². The molecule has 0 bridgehead atoms. The van der Waals surface area contributed by atoms with Crippen molar-refractivity contribution in [3.63, 3.8) is 0 Å². The molecule has 284 valence electrons. The van der Waals surface area contributed by atoms with E-state index in [9.17, 15) is 0 Å². The minimum absolute atomic E-state index is 0.698. The molecule has 12 rings (SSSR count). The largest absolute Gasteiger partial charge is 0.456 e. The van der Waals surface area contributed by atoms with Crippen molar-refractivity contribution in [2.45, 2.75) is 0 Å². The Kier molecular flexibility index (Phi) is 8.13. The number of pyridine rings is 1. The van der Waals surface area contributed by atoms with Crippen LogP contribution < -0.4 is 0 Å². The quantitative estimate of drug-likeness (QED) is 0.158. The van der Waals surface area contributed by atoms with Crippen LogP contribution in [0.1, 0.15) is 0 Å². The number of para-hydroxylation sites is 2. The van der Waals surface area contributed by atoms with Crippen LogP contribution in [0.2, 0.25) is 0 Å². The summed E-state index contributed by atoms with van der Waals surface area (Å²) >= 11 is 0. The molecule has 0 aliphatic heterocycles. The molecular weight excluding hydrogens is 743 g/mol. The van der Waals surface area contributed by atoms with E-state index in [2.05, 4.69) is 164 Å². The smallest absolute Gasteiger partial charge is 0.160 e. The molecule has 0 radical (unpaired) electrons. The van der Waals surface area contributed by atoms with E-state index in [-0.39, 0.29) is 0 Å². The first kappa shape index (κ1) is 34.8. The molecule has 9 aromatic carbocycles. The molecule has 0 saturated heterocycles. The van der Waals surface area contributed by atoms with Crippen molar-refractivity contribution in [3.05, 3.63) is 212 Å². The molecule has 0 atom stereocenters. The standard InChI is InChI=1S/C57H35N3O/c1-3-14-38(15-4-1)49-35-50(60-57(59-49)42-16-5-2-6-17-42)39-25-23-37(24-26-39)44-33-34-52-55(46-20-10-12-22-51(46)61-52)53(44)40-27-29-41(30-28-40)56-47-32-31-36-13-7-8-18-43(36)54(47)45-19-9-11-21-48(45)58-56/h1-35H. The maximum atomic E-state index is 6.47. The summed E-state index contributed by atoms with van der Waals surface area (Å²) in [6.45, 7) is 0. The predicted octanol–water partition coefficient (Wildman–Crippen LogP) is 15.2. The lowest BCUT2D eigenvalue weighted by atomic mass is 9.89. The van der Waals surface area contributed by atoms with Gasteiger partial charge in [0.05, 0.1) is 22.6 Å². The molecule has 0 N–H and O–H groups in total. The van der Waals surface area contributed by atoms with Crippen LogP contribution >= 0.6 is 0 Å². The van der Waals surface area contributed by atoms with Crippen LogP contribution in [0.25, 0.3) is 122 Å². The molecule has 0 amide bonds. The van der Waals surface area contributed by atoms with Gasteiger partial charge in [-0.3, -0.25) is 0 Å². The Morgan fingerprint density at radius 3 is 1.69 bits per heavy atom. The van der Waals surface area contributed by atoms with Crippen LogP contribution in [-0.4, -0.2) is 15.0 Å². The monoisotopic (exact) mass is 777 g/mol. The van der Waals surface area contributed by atoms with Gasteiger partial charge in [-0.05, 0) is 51.7 Å². The number of hydrogen-bond donors (Lipinski definition) is 0. The molecule has 4 nitrogen and oxygen atoms in total. The van der Waals surface area contributed by atoms with Gasteiger partial charge < -0.3 is 4.42 Å². The minimum atomic E-state index is 0.698. The fraction of sp³-hybridized carbons (Fsp3) is 0. The number of rotatable bonds is 6. The van der Waals surface area contributed by atoms with E-state index in [0.717, 1.165) is 99.8 Å². The highest BCUT2D eigenvalue weighted by atomic mass is 16.3. The van der Waals surface area contributed by atoms with Crippen molar-refractivity contribution in [1.82, 2.24) is 15.0 Å². The average molecular weight is 778 g/mol. The average Bonchev–Trinajstić information content (AvgIpc) is 3.73. The first-order chi connectivity index (χ1) is 30.2. The minimum Gasteiger partial charge on any atom is -0.456 e. The van der Waals surface area contributed by atoms with E-state index in [4.69, 9.17) is 19.4 Å². The molecule has 3 heterocycles. The molecule has 4 heteroatoms. The third-order valence-corrected chi connectivity index (χ3v) is 11.9. The van der Waals surface area contributed by atoms with Crippen LogP contribution in [0.15, 0.2) is 217 Å². The number of furan rings is 1. The summed E-state index contributed by atoms with van der Waals surface area (Å²) < 4.78 is 6.47. The maximum Gasteiger partial charge on any atom is 0.160 e. The molecule has 0 aliphatic carbocycles. The topological polar surface area (TPSA) is 51.8 Å². The summed E-state index contributed by atoms with van der Waals surface area (Å²) in [6.07, 6.45) is 0. The Morgan fingerprint density at radius 1 is 0.328 bits per heavy atom. The fourth-order valence-electron chi connectivity index (χ4n) is 8.98. The summed E-state index contributed by atoms with van der Waals surface area (Å²) in [5.74, 6) is 0.698. The summed E-state index contributed by atoms with van der Waals surface area (Å²) in [7, 11) is 0. The number of hydrogen-bond acceptors (Lipinski definition) is 4. The number of aromatic nitrogens is 3. The highest BCUT2D eigenvalue weighted by Gasteiger charge is 2.20. The number of benzene rings is 9. The summed E-state index contributed by atoms with van der Waals surface area (Å²) in [5.41, 5.74) is 14.0. The Hall–Kier alpha value is -8.21. The van der Waals surface area contributed by atoms with Crippen LogP contribution in [0.5, 0.6) is 0 Å². The van der Waals surface area contributed by atoms with Gasteiger partial charge in [-0.15, -0.1) is 0 Å². The number of fused-ring (bicyclic) bond motifs is 8. The zero-order chi connectivity index (χ0) is 40.3. The zero-order valence-corrected chi connectivity index (χ0v) is 33.0. The van der Waals surface area contributed by atoms with Gasteiger partial charge >= 0.3 is 0 Å². The van der Waals surface area contributed by atoms with Crippen molar-refractivity contribution in [1.29, 1.82) is 0 Å². The molecule has 0 aliphatic rings. The van der Waals surface area contributed by atoms with Crippen LogP contribution in [-0.2, 0) is 0 Å². The highest BCUT2D eigenvalue weighted by Crippen LogP contribution is 2.44. The van der Waals surface area contributed by atoms with Gasteiger partial charge in [0.1, 0.15) is 11.2 Å². The first-order valence-corrected chi connectivity index (χ1v) is 20.6. The second-order valence-electron chi connectivity index (χ2n) is 15.5. The second kappa shape index (κ2) is 14.3. The summed E-state index contributed by atoms with van der Waals surface area (Å²) in [5, 5.41) is 8.19. The van der Waals surface area contributed by atoms with E-state index in [1.54, 1.807) is 0 Å². The first-order valence-electron chi connectivity index (χ1n) is 20.6. The number of nitrogens with zero attached hydrogens (tertiary/aromatic N) is 3. The lowest BCUT2D eigenvalue weighted by molar-refractivity contribution is 0.669. The molecule has 12 aromatic rings. The van der Waals surface area contributed by atoms with Crippen molar-refractivity contribution >= 4 is 54.4 Å². The third kappa shape index (κ3) is 5.96.